The van der Waals surface area contributed by atoms with Crippen LogP contribution in [0.5, 0.6) is 0 Å². The Labute approximate surface area is 74.5 Å². The zero-order chi connectivity index (χ0) is 8.86. The van der Waals surface area contributed by atoms with Gasteiger partial charge in [0.1, 0.15) is 13.1 Å². The van der Waals surface area contributed by atoms with Gasteiger partial charge in [-0.1, -0.05) is 0 Å². The van der Waals surface area contributed by atoms with Crippen molar-refractivity contribution in [2.75, 3.05) is 46.5 Å². The molecule has 0 aromatic heterocycles. The molecule has 0 aliphatic carbocycles. The van der Waals surface area contributed by atoms with Crippen molar-refractivity contribution in [3.05, 3.63) is 0 Å². The number of nitrogens with zero attached hydrogens (tertiary/aromatic N) is 1. The number of hydrogen-bond acceptors (Lipinski definition) is 1. The molecule has 1 heterocycles. The Morgan fingerprint density at radius 1 is 1.25 bits per heavy atom. The molecular formula is C9H19NO2+. The smallest absolute Gasteiger partial charge is 0.102 e. The van der Waals surface area contributed by atoms with E-state index in [1.807, 2.05) is 0 Å². The molecule has 12 heavy (non-hydrogen) atoms. The largest absolute Gasteiger partial charge is 0.370 e. The molecule has 0 N–H and O–H groups in total. The SMILES string of the molecule is C[N+]1(CCCC[O])CCOCC1. The lowest BCUT2D eigenvalue weighted by atomic mass is 10.2. The van der Waals surface area contributed by atoms with Crippen LogP contribution in [-0.4, -0.2) is 51.0 Å². The van der Waals surface area contributed by atoms with E-state index < -0.39 is 0 Å². The lowest BCUT2D eigenvalue weighted by molar-refractivity contribution is -0.917. The van der Waals surface area contributed by atoms with E-state index in [0.29, 0.717) is 0 Å². The van der Waals surface area contributed by atoms with Crippen molar-refractivity contribution in [1.82, 2.24) is 0 Å². The predicted molar refractivity (Wildman–Crippen MR) is 46.4 cm³/mol. The summed E-state index contributed by atoms with van der Waals surface area (Å²) in [5.74, 6) is 0. The second-order valence-corrected chi connectivity index (χ2v) is 3.81. The van der Waals surface area contributed by atoms with Crippen molar-refractivity contribution in [2.45, 2.75) is 12.8 Å². The quantitative estimate of drug-likeness (QED) is 0.454. The summed E-state index contributed by atoms with van der Waals surface area (Å²) in [5, 5.41) is 10.2. The van der Waals surface area contributed by atoms with Gasteiger partial charge in [-0.3, -0.25) is 0 Å². The number of morpholine rings is 1. The van der Waals surface area contributed by atoms with Crippen LogP contribution in [0.15, 0.2) is 0 Å². The Morgan fingerprint density at radius 2 is 1.92 bits per heavy atom. The Balaban J connectivity index is 2.17. The molecule has 1 rings (SSSR count). The van der Waals surface area contributed by atoms with E-state index in [2.05, 4.69) is 7.05 Å². The zero-order valence-corrected chi connectivity index (χ0v) is 7.92. The standard InChI is InChI=1S/C9H19NO2/c1-10(4-2-3-7-11)5-8-12-9-6-10/h2-9H2,1H3/q+1. The van der Waals surface area contributed by atoms with Crippen molar-refractivity contribution in [3.8, 4) is 0 Å². The average Bonchev–Trinajstić information content (AvgIpc) is 2.06. The normalized spacial score (nSPS) is 22.5. The molecule has 0 bridgehead atoms. The van der Waals surface area contributed by atoms with Crippen LogP contribution < -0.4 is 0 Å². The van der Waals surface area contributed by atoms with E-state index in [-0.39, 0.29) is 6.61 Å². The van der Waals surface area contributed by atoms with Crippen LogP contribution in [0.1, 0.15) is 12.8 Å². The molecule has 0 aromatic carbocycles. The summed E-state index contributed by atoms with van der Waals surface area (Å²) >= 11 is 0. The third-order valence-electron chi connectivity index (χ3n) is 2.64. The molecule has 71 valence electrons. The summed E-state index contributed by atoms with van der Waals surface area (Å²) in [5.41, 5.74) is 0. The van der Waals surface area contributed by atoms with E-state index in [1.165, 1.54) is 0 Å². The van der Waals surface area contributed by atoms with E-state index >= 15 is 0 Å². The highest BCUT2D eigenvalue weighted by molar-refractivity contribution is 4.47. The second-order valence-electron chi connectivity index (χ2n) is 3.81. The highest BCUT2D eigenvalue weighted by atomic mass is 16.5. The summed E-state index contributed by atoms with van der Waals surface area (Å²) in [6, 6.07) is 0. The molecule has 1 aliphatic heterocycles. The van der Waals surface area contributed by atoms with Crippen molar-refractivity contribution in [1.29, 1.82) is 0 Å². The minimum Gasteiger partial charge on any atom is -0.370 e. The van der Waals surface area contributed by atoms with E-state index in [0.717, 1.165) is 50.2 Å². The second kappa shape index (κ2) is 4.80. The van der Waals surface area contributed by atoms with Gasteiger partial charge in [0.25, 0.3) is 0 Å². The first kappa shape index (κ1) is 9.96. The fourth-order valence-electron chi connectivity index (χ4n) is 1.60. The van der Waals surface area contributed by atoms with Gasteiger partial charge in [-0.2, -0.15) is 0 Å². The Morgan fingerprint density at radius 3 is 2.50 bits per heavy atom. The van der Waals surface area contributed by atoms with E-state index in [9.17, 15) is 5.11 Å². The van der Waals surface area contributed by atoms with Crippen molar-refractivity contribution in [3.63, 3.8) is 0 Å². The topological polar surface area (TPSA) is 29.1 Å². The summed E-state index contributed by atoms with van der Waals surface area (Å²) in [6.07, 6.45) is 1.90. The first-order chi connectivity index (χ1) is 5.77. The van der Waals surface area contributed by atoms with Gasteiger partial charge < -0.3 is 9.22 Å². The fraction of sp³-hybridized carbons (Fsp3) is 1.00. The molecule has 0 amide bonds. The number of rotatable bonds is 4. The molecule has 0 atom stereocenters. The summed E-state index contributed by atoms with van der Waals surface area (Å²) in [4.78, 5) is 0. The van der Waals surface area contributed by atoms with Crippen LogP contribution in [-0.2, 0) is 9.84 Å². The van der Waals surface area contributed by atoms with E-state index in [1.54, 1.807) is 0 Å². The van der Waals surface area contributed by atoms with Gasteiger partial charge in [0.05, 0.1) is 33.4 Å². The number of likely N-dealkylation sites (N-methyl/N-ethyl adjacent to an activating group) is 1. The van der Waals surface area contributed by atoms with Gasteiger partial charge in [0.2, 0.25) is 0 Å². The van der Waals surface area contributed by atoms with Gasteiger partial charge in [-0.25, -0.2) is 5.11 Å². The maximum atomic E-state index is 10.2. The van der Waals surface area contributed by atoms with E-state index in [4.69, 9.17) is 4.74 Å². The summed E-state index contributed by atoms with van der Waals surface area (Å²) in [6.45, 7) is 5.21. The molecule has 1 aliphatic rings. The third-order valence-corrected chi connectivity index (χ3v) is 2.64. The molecule has 3 heteroatoms. The number of hydrogen-bond donors (Lipinski definition) is 0. The molecule has 0 unspecified atom stereocenters. The highest BCUT2D eigenvalue weighted by Crippen LogP contribution is 2.09. The minimum absolute atomic E-state index is 0.0799. The van der Waals surface area contributed by atoms with Gasteiger partial charge >= 0.3 is 0 Å². The van der Waals surface area contributed by atoms with Crippen LogP contribution in [0.25, 0.3) is 0 Å². The number of unbranched alkanes of at least 4 members (excludes halogenated alkanes) is 1. The van der Waals surface area contributed by atoms with Gasteiger partial charge in [-0.15, -0.1) is 0 Å². The predicted octanol–water partition coefficient (Wildman–Crippen LogP) is 0.674. The van der Waals surface area contributed by atoms with Gasteiger partial charge in [0, 0.05) is 0 Å². The third kappa shape index (κ3) is 3.09. The van der Waals surface area contributed by atoms with Crippen LogP contribution in [0.4, 0.5) is 0 Å². The molecule has 0 spiro atoms. The molecule has 1 fully saturated rings. The number of ether oxygens (including phenoxy) is 1. The monoisotopic (exact) mass is 173 g/mol. The maximum absolute atomic E-state index is 10.2. The summed E-state index contributed by atoms with van der Waals surface area (Å²) in [7, 11) is 2.26. The van der Waals surface area contributed by atoms with Crippen molar-refractivity contribution >= 4 is 0 Å². The maximum Gasteiger partial charge on any atom is 0.102 e. The first-order valence-corrected chi connectivity index (χ1v) is 4.76. The Hall–Kier alpha value is -0.120. The van der Waals surface area contributed by atoms with Gasteiger partial charge in [0.15, 0.2) is 0 Å². The van der Waals surface area contributed by atoms with Crippen LogP contribution in [0, 0.1) is 0 Å². The zero-order valence-electron chi connectivity index (χ0n) is 7.92. The molecule has 0 saturated carbocycles. The number of quaternary nitrogens is 1. The van der Waals surface area contributed by atoms with Crippen molar-refractivity contribution < 1.29 is 14.3 Å². The molecule has 1 saturated heterocycles. The fourth-order valence-corrected chi connectivity index (χ4v) is 1.60. The lowest BCUT2D eigenvalue weighted by Crippen LogP contribution is -2.52. The summed E-state index contributed by atoms with van der Waals surface area (Å²) < 4.78 is 6.39. The lowest BCUT2D eigenvalue weighted by Gasteiger charge is -2.37. The van der Waals surface area contributed by atoms with Crippen LogP contribution in [0.3, 0.4) is 0 Å². The molecule has 0 aromatic rings. The van der Waals surface area contributed by atoms with Crippen molar-refractivity contribution in [2.24, 2.45) is 0 Å². The molecule has 3 nitrogen and oxygen atoms in total. The minimum atomic E-state index is 0.0799. The Kier molecular flexibility index (Phi) is 3.98. The average molecular weight is 173 g/mol. The van der Waals surface area contributed by atoms with Crippen LogP contribution in [0.2, 0.25) is 0 Å². The first-order valence-electron chi connectivity index (χ1n) is 4.76. The molecular weight excluding hydrogens is 154 g/mol. The molecule has 1 radical (unpaired) electrons. The van der Waals surface area contributed by atoms with Crippen LogP contribution >= 0.6 is 0 Å². The Bertz CT molecular complexity index is 122. The van der Waals surface area contributed by atoms with Gasteiger partial charge in [-0.05, 0) is 12.8 Å². The highest BCUT2D eigenvalue weighted by Gasteiger charge is 2.23.